The van der Waals surface area contributed by atoms with Gasteiger partial charge in [-0.2, -0.15) is 0 Å². The number of nitrogens with zero attached hydrogens (tertiary/aromatic N) is 1. The number of carbonyl (C=O) groups excluding carboxylic acids is 2. The average molecular weight is 377 g/mol. The monoisotopic (exact) mass is 376 g/mol. The number of rotatable bonds is 6. The summed E-state index contributed by atoms with van der Waals surface area (Å²) in [5.74, 6) is -1.55. The third-order valence-electron chi connectivity index (χ3n) is 3.66. The summed E-state index contributed by atoms with van der Waals surface area (Å²) in [7, 11) is 0. The number of hydrogen-bond donors (Lipinski definition) is 1. The highest BCUT2D eigenvalue weighted by atomic mass is 35.5. The van der Waals surface area contributed by atoms with Crippen LogP contribution in [0.15, 0.2) is 42.5 Å². The van der Waals surface area contributed by atoms with Crippen molar-refractivity contribution in [1.29, 1.82) is 0 Å². The molecule has 0 fully saturated rings. The zero-order valence-corrected chi connectivity index (χ0v) is 14.9. The second kappa shape index (κ2) is 8.44. The predicted molar refractivity (Wildman–Crippen MR) is 97.4 cm³/mol. The molecule has 0 aromatic heterocycles. The molecule has 1 atom stereocenters. The van der Waals surface area contributed by atoms with E-state index in [-0.39, 0.29) is 10.6 Å². The van der Waals surface area contributed by atoms with Gasteiger partial charge >= 0.3 is 5.97 Å². The lowest BCUT2D eigenvalue weighted by Crippen LogP contribution is -2.30. The number of carbonyl (C=O) groups is 2. The van der Waals surface area contributed by atoms with Crippen LogP contribution in [0.25, 0.3) is 0 Å². The normalized spacial score (nSPS) is 11.5. The fourth-order valence-electron chi connectivity index (χ4n) is 2.18. The first-order valence-electron chi connectivity index (χ1n) is 7.86. The Kier molecular flexibility index (Phi) is 6.30. The summed E-state index contributed by atoms with van der Waals surface area (Å²) >= 11 is 5.79. The van der Waals surface area contributed by atoms with Gasteiger partial charge in [-0.05, 0) is 43.2 Å². The van der Waals surface area contributed by atoms with Gasteiger partial charge in [-0.25, -0.2) is 4.79 Å². The maximum Gasteiger partial charge on any atom is 0.345 e. The van der Waals surface area contributed by atoms with Gasteiger partial charge in [0.25, 0.3) is 11.6 Å². The van der Waals surface area contributed by atoms with Crippen LogP contribution >= 0.6 is 11.6 Å². The van der Waals surface area contributed by atoms with Crippen LogP contribution in [0, 0.1) is 10.1 Å². The molecule has 2 aromatic carbocycles. The Morgan fingerprint density at radius 3 is 2.46 bits per heavy atom. The van der Waals surface area contributed by atoms with Gasteiger partial charge in [0, 0.05) is 16.8 Å². The van der Waals surface area contributed by atoms with Gasteiger partial charge in [0.2, 0.25) is 0 Å². The molecule has 0 radical (unpaired) electrons. The zero-order chi connectivity index (χ0) is 19.3. The highest BCUT2D eigenvalue weighted by Crippen LogP contribution is 2.24. The Labute approximate surface area is 155 Å². The summed E-state index contributed by atoms with van der Waals surface area (Å²) < 4.78 is 5.05. The lowest BCUT2D eigenvalue weighted by molar-refractivity contribution is -0.385. The molecule has 0 bridgehead atoms. The minimum atomic E-state index is -1.15. The molecular weight excluding hydrogens is 360 g/mol. The quantitative estimate of drug-likeness (QED) is 0.466. The third kappa shape index (κ3) is 4.80. The molecule has 0 aliphatic carbocycles. The van der Waals surface area contributed by atoms with E-state index in [1.54, 1.807) is 12.1 Å². The summed E-state index contributed by atoms with van der Waals surface area (Å²) in [4.78, 5) is 34.7. The molecule has 1 N–H and O–H groups in total. The van der Waals surface area contributed by atoms with Crippen molar-refractivity contribution >= 4 is 34.9 Å². The van der Waals surface area contributed by atoms with Gasteiger partial charge in [0.15, 0.2) is 6.10 Å². The van der Waals surface area contributed by atoms with Crippen LogP contribution in [-0.4, -0.2) is 22.9 Å². The average Bonchev–Trinajstić information content (AvgIpc) is 2.61. The molecule has 0 unspecified atom stereocenters. The Hall–Kier alpha value is -2.93. The smallest absolute Gasteiger partial charge is 0.345 e. The first kappa shape index (κ1) is 19.4. The van der Waals surface area contributed by atoms with Gasteiger partial charge in [-0.1, -0.05) is 30.7 Å². The molecule has 0 saturated heterocycles. The number of amides is 1. The topological polar surface area (TPSA) is 98.5 Å². The van der Waals surface area contributed by atoms with Gasteiger partial charge in [0.1, 0.15) is 5.56 Å². The number of esters is 1. The molecule has 0 saturated carbocycles. The van der Waals surface area contributed by atoms with Crippen LogP contribution in [0.1, 0.15) is 29.8 Å². The van der Waals surface area contributed by atoms with Crippen LogP contribution in [0.5, 0.6) is 0 Å². The van der Waals surface area contributed by atoms with Gasteiger partial charge in [0.05, 0.1) is 4.92 Å². The molecule has 0 spiro atoms. The Morgan fingerprint density at radius 1 is 1.23 bits per heavy atom. The highest BCUT2D eigenvalue weighted by molar-refractivity contribution is 6.31. The number of aryl methyl sites for hydroxylation is 1. The number of benzene rings is 2. The largest absolute Gasteiger partial charge is 0.449 e. The fraction of sp³-hybridized carbons (Fsp3) is 0.222. The molecule has 0 heterocycles. The summed E-state index contributed by atoms with van der Waals surface area (Å²) in [6.07, 6.45) is -0.271. The number of nitrogens with one attached hydrogen (secondary N) is 1. The van der Waals surface area contributed by atoms with Crippen molar-refractivity contribution in [2.24, 2.45) is 0 Å². The summed E-state index contributed by atoms with van der Waals surface area (Å²) in [6.45, 7) is 3.40. The van der Waals surface area contributed by atoms with E-state index in [2.05, 4.69) is 5.32 Å². The number of hydrogen-bond acceptors (Lipinski definition) is 5. The maximum atomic E-state index is 12.2. The van der Waals surface area contributed by atoms with E-state index in [1.807, 2.05) is 19.1 Å². The summed E-state index contributed by atoms with van der Waals surface area (Å²) in [5.41, 5.74) is 0.927. The van der Waals surface area contributed by atoms with Crippen molar-refractivity contribution in [3.05, 3.63) is 68.7 Å². The molecule has 7 nitrogen and oxygen atoms in total. The minimum Gasteiger partial charge on any atom is -0.449 e. The molecule has 1 amide bonds. The summed E-state index contributed by atoms with van der Waals surface area (Å²) in [6, 6.07) is 10.8. The van der Waals surface area contributed by atoms with E-state index < -0.39 is 28.6 Å². The molecule has 0 aliphatic rings. The van der Waals surface area contributed by atoms with Crippen molar-refractivity contribution in [2.75, 3.05) is 5.32 Å². The van der Waals surface area contributed by atoms with E-state index in [0.717, 1.165) is 24.1 Å². The highest BCUT2D eigenvalue weighted by Gasteiger charge is 2.25. The Balaban J connectivity index is 2.07. The van der Waals surface area contributed by atoms with Crippen molar-refractivity contribution in [1.82, 2.24) is 0 Å². The number of ether oxygens (including phenoxy) is 1. The van der Waals surface area contributed by atoms with E-state index in [4.69, 9.17) is 16.3 Å². The predicted octanol–water partition coefficient (Wildman–Crippen LogP) is 3.99. The molecule has 8 heteroatoms. The fourth-order valence-corrected chi connectivity index (χ4v) is 2.35. The minimum absolute atomic E-state index is 0.149. The van der Waals surface area contributed by atoms with Crippen molar-refractivity contribution < 1.29 is 19.2 Å². The van der Waals surface area contributed by atoms with Crippen molar-refractivity contribution in [3.63, 3.8) is 0 Å². The lowest BCUT2D eigenvalue weighted by atomic mass is 10.1. The zero-order valence-electron chi connectivity index (χ0n) is 14.2. The Bertz CT molecular complexity index is 836. The third-order valence-corrected chi connectivity index (χ3v) is 3.89. The van der Waals surface area contributed by atoms with E-state index in [9.17, 15) is 19.7 Å². The van der Waals surface area contributed by atoms with Crippen molar-refractivity contribution in [3.8, 4) is 0 Å². The van der Waals surface area contributed by atoms with E-state index in [0.29, 0.717) is 5.69 Å². The molecule has 2 aromatic rings. The summed E-state index contributed by atoms with van der Waals surface area (Å²) in [5, 5.41) is 13.8. The Morgan fingerprint density at radius 2 is 1.88 bits per heavy atom. The number of nitro groups is 1. The standard InChI is InChI=1S/C18H17ClN2O5/c1-3-12-4-7-14(8-5-12)20-17(22)11(2)26-18(23)15-10-13(19)6-9-16(15)21(24)25/h4-11H,3H2,1-2H3,(H,20,22)/t11-/m0/s1. The van der Waals surface area contributed by atoms with E-state index >= 15 is 0 Å². The van der Waals surface area contributed by atoms with E-state index in [1.165, 1.54) is 13.0 Å². The lowest BCUT2D eigenvalue weighted by Gasteiger charge is -2.14. The van der Waals surface area contributed by atoms with Crippen LogP contribution < -0.4 is 5.32 Å². The number of halogens is 1. The maximum absolute atomic E-state index is 12.2. The van der Waals surface area contributed by atoms with Crippen LogP contribution in [0.4, 0.5) is 11.4 Å². The first-order chi connectivity index (χ1) is 12.3. The number of nitro benzene ring substituents is 1. The van der Waals surface area contributed by atoms with Gasteiger partial charge in [-0.3, -0.25) is 14.9 Å². The molecule has 136 valence electrons. The van der Waals surface area contributed by atoms with Gasteiger partial charge in [-0.15, -0.1) is 0 Å². The van der Waals surface area contributed by atoms with Crippen LogP contribution in [-0.2, 0) is 16.0 Å². The van der Waals surface area contributed by atoms with Crippen LogP contribution in [0.2, 0.25) is 5.02 Å². The van der Waals surface area contributed by atoms with Gasteiger partial charge < -0.3 is 10.1 Å². The van der Waals surface area contributed by atoms with Crippen molar-refractivity contribution in [2.45, 2.75) is 26.4 Å². The molecule has 26 heavy (non-hydrogen) atoms. The molecular formula is C18H17ClN2O5. The molecule has 0 aliphatic heterocycles. The first-order valence-corrected chi connectivity index (χ1v) is 8.24. The van der Waals surface area contributed by atoms with Crippen LogP contribution in [0.3, 0.4) is 0 Å². The number of anilines is 1. The SMILES string of the molecule is CCc1ccc(NC(=O)[C@H](C)OC(=O)c2cc(Cl)ccc2[N+](=O)[O-])cc1. The second-order valence-corrected chi connectivity index (χ2v) is 5.94. The molecule has 2 rings (SSSR count). The second-order valence-electron chi connectivity index (χ2n) is 5.51.